The predicted molar refractivity (Wildman–Crippen MR) is 96.4 cm³/mol. The number of carbonyl (C=O) groups is 2. The van der Waals surface area contributed by atoms with Crippen molar-refractivity contribution in [2.24, 2.45) is 0 Å². The van der Waals surface area contributed by atoms with Crippen molar-refractivity contribution in [3.05, 3.63) is 28.7 Å². The fraction of sp³-hybridized carbons (Fsp3) is 0.556. The minimum Gasteiger partial charge on any atom is -0.340 e. The van der Waals surface area contributed by atoms with Crippen molar-refractivity contribution in [2.45, 2.75) is 52.0 Å². The zero-order chi connectivity index (χ0) is 16.8. The second kappa shape index (κ2) is 8.48. The van der Waals surface area contributed by atoms with Gasteiger partial charge in [0.25, 0.3) is 0 Å². The maximum absolute atomic E-state index is 12.6. The molecule has 0 spiro atoms. The third-order valence-electron chi connectivity index (χ3n) is 4.49. The Morgan fingerprint density at radius 1 is 1.26 bits per heavy atom. The molecule has 0 aliphatic carbocycles. The summed E-state index contributed by atoms with van der Waals surface area (Å²) in [6, 6.07) is 7.97. The lowest BCUT2D eigenvalue weighted by Gasteiger charge is -2.35. The molecular weight excluding hydrogens is 356 g/mol. The highest BCUT2D eigenvalue weighted by Crippen LogP contribution is 2.22. The fourth-order valence-corrected chi connectivity index (χ4v) is 3.46. The van der Waals surface area contributed by atoms with Crippen molar-refractivity contribution in [1.82, 2.24) is 4.90 Å². The molecule has 1 aliphatic rings. The first-order valence-electron chi connectivity index (χ1n) is 8.36. The molecule has 0 radical (unpaired) electrons. The van der Waals surface area contributed by atoms with Crippen LogP contribution in [0.4, 0.5) is 5.69 Å². The second-order valence-corrected chi connectivity index (χ2v) is 6.96. The molecule has 23 heavy (non-hydrogen) atoms. The molecule has 0 aromatic heterocycles. The summed E-state index contributed by atoms with van der Waals surface area (Å²) in [5.41, 5.74) is 0.833. The Balaban J connectivity index is 1.99. The molecule has 0 bridgehead atoms. The molecule has 126 valence electrons. The monoisotopic (exact) mass is 380 g/mol. The largest absolute Gasteiger partial charge is 0.340 e. The van der Waals surface area contributed by atoms with Crippen LogP contribution in [0.1, 0.15) is 46.0 Å². The quantitative estimate of drug-likeness (QED) is 0.774. The molecule has 1 fully saturated rings. The average Bonchev–Trinajstić information content (AvgIpc) is 2.56. The summed E-state index contributed by atoms with van der Waals surface area (Å²) in [4.78, 5) is 28.2. The van der Waals surface area contributed by atoms with Crippen molar-refractivity contribution >= 4 is 33.4 Å². The van der Waals surface area contributed by atoms with Gasteiger partial charge in [-0.25, -0.2) is 0 Å². The van der Waals surface area contributed by atoms with E-state index >= 15 is 0 Å². The molecule has 5 heteroatoms. The molecule has 1 aromatic rings. The number of halogens is 1. The summed E-state index contributed by atoms with van der Waals surface area (Å²) in [5, 5.41) is 0. The van der Waals surface area contributed by atoms with Gasteiger partial charge in [0.15, 0.2) is 0 Å². The summed E-state index contributed by atoms with van der Waals surface area (Å²) in [6.07, 6.45) is 4.79. The molecule has 1 unspecified atom stereocenters. The number of benzene rings is 1. The molecule has 1 aliphatic heterocycles. The summed E-state index contributed by atoms with van der Waals surface area (Å²) >= 11 is 3.40. The van der Waals surface area contributed by atoms with E-state index in [1.807, 2.05) is 29.2 Å². The van der Waals surface area contributed by atoms with Crippen LogP contribution in [0.3, 0.4) is 0 Å². The SMILES string of the molecule is CCC1CCCCN1C(=O)CCN(C(C)=O)c1ccc(Br)cc1. The summed E-state index contributed by atoms with van der Waals surface area (Å²) in [5.74, 6) is 0.130. The van der Waals surface area contributed by atoms with E-state index in [2.05, 4.69) is 22.9 Å². The molecule has 0 N–H and O–H groups in total. The zero-order valence-corrected chi connectivity index (χ0v) is 15.5. The van der Waals surface area contributed by atoms with Crippen molar-refractivity contribution in [2.75, 3.05) is 18.0 Å². The van der Waals surface area contributed by atoms with E-state index in [1.165, 1.54) is 6.42 Å². The average molecular weight is 381 g/mol. The van der Waals surface area contributed by atoms with Gasteiger partial charge in [0, 0.05) is 42.6 Å². The number of hydrogen-bond donors (Lipinski definition) is 0. The van der Waals surface area contributed by atoms with E-state index in [-0.39, 0.29) is 11.8 Å². The van der Waals surface area contributed by atoms with Crippen molar-refractivity contribution in [3.8, 4) is 0 Å². The first kappa shape index (κ1) is 18.0. The predicted octanol–water partition coefficient (Wildman–Crippen LogP) is 3.98. The Labute approximate surface area is 147 Å². The van der Waals surface area contributed by atoms with Gasteiger partial charge >= 0.3 is 0 Å². The Morgan fingerprint density at radius 3 is 2.57 bits per heavy atom. The number of anilines is 1. The van der Waals surface area contributed by atoms with Gasteiger partial charge in [-0.2, -0.15) is 0 Å². The number of hydrogen-bond acceptors (Lipinski definition) is 2. The number of piperidine rings is 1. The van der Waals surface area contributed by atoms with E-state index in [9.17, 15) is 9.59 Å². The van der Waals surface area contributed by atoms with Gasteiger partial charge in [0.1, 0.15) is 0 Å². The third kappa shape index (κ3) is 4.80. The van der Waals surface area contributed by atoms with E-state index < -0.39 is 0 Å². The van der Waals surface area contributed by atoms with Gasteiger partial charge in [-0.3, -0.25) is 9.59 Å². The highest BCUT2D eigenvalue weighted by molar-refractivity contribution is 9.10. The van der Waals surface area contributed by atoms with Crippen LogP contribution in [0.25, 0.3) is 0 Å². The van der Waals surface area contributed by atoms with E-state index in [0.717, 1.165) is 36.0 Å². The highest BCUT2D eigenvalue weighted by Gasteiger charge is 2.25. The maximum Gasteiger partial charge on any atom is 0.224 e. The van der Waals surface area contributed by atoms with Crippen LogP contribution in [0.2, 0.25) is 0 Å². The topological polar surface area (TPSA) is 40.6 Å². The van der Waals surface area contributed by atoms with Gasteiger partial charge in [-0.05, 0) is 49.9 Å². The van der Waals surface area contributed by atoms with Crippen molar-refractivity contribution in [1.29, 1.82) is 0 Å². The standard InChI is InChI=1S/C18H25BrN2O2/c1-3-16-6-4-5-12-21(16)18(23)11-13-20(14(2)22)17-9-7-15(19)8-10-17/h7-10,16H,3-6,11-13H2,1-2H3. The van der Waals surface area contributed by atoms with Gasteiger partial charge in [-0.15, -0.1) is 0 Å². The van der Waals surface area contributed by atoms with Crippen LogP contribution in [0, 0.1) is 0 Å². The Kier molecular flexibility index (Phi) is 6.63. The molecule has 1 atom stereocenters. The van der Waals surface area contributed by atoms with Crippen LogP contribution in [0.5, 0.6) is 0 Å². The molecular formula is C18H25BrN2O2. The van der Waals surface area contributed by atoms with Crippen LogP contribution >= 0.6 is 15.9 Å². The Morgan fingerprint density at radius 2 is 1.96 bits per heavy atom. The normalized spacial score (nSPS) is 17.9. The second-order valence-electron chi connectivity index (χ2n) is 6.04. The number of likely N-dealkylation sites (tertiary alicyclic amines) is 1. The zero-order valence-electron chi connectivity index (χ0n) is 13.9. The summed E-state index contributed by atoms with van der Waals surface area (Å²) in [6.45, 7) is 4.97. The summed E-state index contributed by atoms with van der Waals surface area (Å²) in [7, 11) is 0. The number of amides is 2. The van der Waals surface area contributed by atoms with Crippen LogP contribution < -0.4 is 4.90 Å². The number of carbonyl (C=O) groups excluding carboxylic acids is 2. The molecule has 0 saturated carbocycles. The van der Waals surface area contributed by atoms with Crippen LogP contribution in [-0.2, 0) is 9.59 Å². The molecule has 1 aromatic carbocycles. The van der Waals surface area contributed by atoms with Crippen molar-refractivity contribution in [3.63, 3.8) is 0 Å². The lowest BCUT2D eigenvalue weighted by atomic mass is 9.99. The molecule has 4 nitrogen and oxygen atoms in total. The van der Waals surface area contributed by atoms with Crippen LogP contribution in [-0.4, -0.2) is 35.8 Å². The van der Waals surface area contributed by atoms with Gasteiger partial charge in [0.2, 0.25) is 11.8 Å². The Bertz CT molecular complexity index is 544. The minimum atomic E-state index is -0.0363. The number of nitrogens with zero attached hydrogens (tertiary/aromatic N) is 2. The lowest BCUT2D eigenvalue weighted by molar-refractivity contribution is -0.134. The highest BCUT2D eigenvalue weighted by atomic mass is 79.9. The maximum atomic E-state index is 12.6. The van der Waals surface area contributed by atoms with Gasteiger partial charge in [-0.1, -0.05) is 22.9 Å². The summed E-state index contributed by atoms with van der Waals surface area (Å²) < 4.78 is 0.972. The first-order chi connectivity index (χ1) is 11.0. The van der Waals surface area contributed by atoms with Gasteiger partial charge < -0.3 is 9.80 Å². The molecule has 1 saturated heterocycles. The van der Waals surface area contributed by atoms with E-state index in [0.29, 0.717) is 19.0 Å². The lowest BCUT2D eigenvalue weighted by Crippen LogP contribution is -2.44. The number of rotatable bonds is 5. The van der Waals surface area contributed by atoms with Crippen LogP contribution in [0.15, 0.2) is 28.7 Å². The molecule has 2 rings (SSSR count). The third-order valence-corrected chi connectivity index (χ3v) is 5.02. The Hall–Kier alpha value is -1.36. The fourth-order valence-electron chi connectivity index (χ4n) is 3.19. The van der Waals surface area contributed by atoms with E-state index in [1.54, 1.807) is 11.8 Å². The van der Waals surface area contributed by atoms with E-state index in [4.69, 9.17) is 0 Å². The molecule has 1 heterocycles. The smallest absolute Gasteiger partial charge is 0.224 e. The van der Waals surface area contributed by atoms with Gasteiger partial charge in [0.05, 0.1) is 0 Å². The van der Waals surface area contributed by atoms with Crippen molar-refractivity contribution < 1.29 is 9.59 Å². The minimum absolute atomic E-state index is 0.0363. The first-order valence-corrected chi connectivity index (χ1v) is 9.15. The molecule has 2 amide bonds.